The molecule has 2 rings (SSSR count). The van der Waals surface area contributed by atoms with Crippen molar-refractivity contribution in [2.75, 3.05) is 20.1 Å². The molecule has 0 atom stereocenters. The lowest BCUT2D eigenvalue weighted by Gasteiger charge is -2.35. The molecular formula is C13H15FN4O. The van der Waals surface area contributed by atoms with Gasteiger partial charge in [0.25, 0.3) is 5.91 Å². The van der Waals surface area contributed by atoms with Gasteiger partial charge < -0.3 is 10.2 Å². The van der Waals surface area contributed by atoms with Gasteiger partial charge in [-0.3, -0.25) is 4.79 Å². The fourth-order valence-electron chi connectivity index (χ4n) is 2.06. The minimum Gasteiger partial charge on any atom is -0.334 e. The molecule has 1 aliphatic heterocycles. The Labute approximate surface area is 111 Å². The van der Waals surface area contributed by atoms with Crippen LogP contribution >= 0.6 is 0 Å². The van der Waals surface area contributed by atoms with Gasteiger partial charge in [-0.25, -0.2) is 4.98 Å². The Kier molecular flexibility index (Phi) is 3.76. The van der Waals surface area contributed by atoms with Crippen molar-refractivity contribution in [3.8, 4) is 6.07 Å². The monoisotopic (exact) mass is 262 g/mol. The number of piperidine rings is 1. The summed E-state index contributed by atoms with van der Waals surface area (Å²) in [6.07, 6.45) is 2.34. The number of carbonyl (C=O) groups is 1. The number of amides is 1. The third-order valence-electron chi connectivity index (χ3n) is 3.40. The van der Waals surface area contributed by atoms with Crippen LogP contribution in [0, 0.1) is 17.3 Å². The molecule has 1 amide bonds. The lowest BCUT2D eigenvalue weighted by molar-refractivity contribution is 0.0881. The number of aromatic nitrogens is 1. The maximum atomic E-state index is 12.7. The van der Waals surface area contributed by atoms with Crippen molar-refractivity contribution in [1.82, 2.24) is 15.2 Å². The smallest absolute Gasteiger partial charge is 0.254 e. The summed E-state index contributed by atoms with van der Waals surface area (Å²) in [6.45, 7) is 1.52. The SMILES string of the molecule is CN1CCC(C#N)(NC(=O)c2ccc(F)nc2)CC1. The molecule has 0 bridgehead atoms. The standard InChI is InChI=1S/C13H15FN4O/c1-18-6-4-13(9-15,5-7-18)17-12(19)10-2-3-11(14)16-8-10/h2-3,8H,4-7H2,1H3,(H,17,19). The lowest BCUT2D eigenvalue weighted by Crippen LogP contribution is -2.53. The van der Waals surface area contributed by atoms with E-state index in [1.807, 2.05) is 7.05 Å². The Balaban J connectivity index is 2.09. The van der Waals surface area contributed by atoms with Crippen LogP contribution in [0.25, 0.3) is 0 Å². The summed E-state index contributed by atoms with van der Waals surface area (Å²) in [7, 11) is 1.98. The zero-order valence-corrected chi connectivity index (χ0v) is 10.7. The predicted octanol–water partition coefficient (Wildman–Crippen LogP) is 0.938. The zero-order valence-electron chi connectivity index (χ0n) is 10.7. The van der Waals surface area contributed by atoms with Gasteiger partial charge >= 0.3 is 0 Å². The summed E-state index contributed by atoms with van der Waals surface area (Å²) >= 11 is 0. The second-order valence-electron chi connectivity index (χ2n) is 4.82. The summed E-state index contributed by atoms with van der Waals surface area (Å²) in [5.41, 5.74) is -0.576. The second-order valence-corrected chi connectivity index (χ2v) is 4.82. The van der Waals surface area contributed by atoms with Gasteiger partial charge in [0.1, 0.15) is 5.54 Å². The van der Waals surface area contributed by atoms with Crippen LogP contribution < -0.4 is 5.32 Å². The summed E-state index contributed by atoms with van der Waals surface area (Å²) in [5, 5.41) is 12.1. The molecule has 1 saturated heterocycles. The first-order chi connectivity index (χ1) is 9.04. The maximum Gasteiger partial charge on any atom is 0.254 e. The number of nitrogens with zero attached hydrogens (tertiary/aromatic N) is 3. The van der Waals surface area contributed by atoms with E-state index in [2.05, 4.69) is 21.3 Å². The summed E-state index contributed by atoms with van der Waals surface area (Å²) in [6, 6.07) is 4.68. The van der Waals surface area contributed by atoms with E-state index in [-0.39, 0.29) is 5.56 Å². The van der Waals surface area contributed by atoms with E-state index in [9.17, 15) is 14.4 Å². The number of pyridine rings is 1. The van der Waals surface area contributed by atoms with Crippen LogP contribution in [0.3, 0.4) is 0 Å². The number of rotatable bonds is 2. The number of halogens is 1. The molecule has 5 nitrogen and oxygen atoms in total. The van der Waals surface area contributed by atoms with E-state index in [1.54, 1.807) is 0 Å². The third kappa shape index (κ3) is 3.06. The van der Waals surface area contributed by atoms with E-state index < -0.39 is 17.4 Å². The van der Waals surface area contributed by atoms with Gasteiger partial charge in [-0.15, -0.1) is 0 Å². The fourth-order valence-corrected chi connectivity index (χ4v) is 2.06. The highest BCUT2D eigenvalue weighted by atomic mass is 19.1. The zero-order chi connectivity index (χ0) is 13.9. The predicted molar refractivity (Wildman–Crippen MR) is 66.7 cm³/mol. The average molecular weight is 262 g/mol. The van der Waals surface area contributed by atoms with Gasteiger partial charge in [-0.1, -0.05) is 0 Å². The Bertz CT molecular complexity index is 500. The van der Waals surface area contributed by atoms with E-state index in [0.29, 0.717) is 12.8 Å². The largest absolute Gasteiger partial charge is 0.334 e. The molecule has 0 radical (unpaired) electrons. The van der Waals surface area contributed by atoms with Crippen LogP contribution in [0.4, 0.5) is 4.39 Å². The van der Waals surface area contributed by atoms with Crippen LogP contribution in [0.2, 0.25) is 0 Å². The van der Waals surface area contributed by atoms with Crippen molar-refractivity contribution < 1.29 is 9.18 Å². The molecule has 1 N–H and O–H groups in total. The molecule has 1 aromatic heterocycles. The van der Waals surface area contributed by atoms with Gasteiger partial charge in [0.2, 0.25) is 5.95 Å². The minimum absolute atomic E-state index is 0.259. The first-order valence-electron chi connectivity index (χ1n) is 6.08. The summed E-state index contributed by atoms with van der Waals surface area (Å²) < 4.78 is 12.7. The van der Waals surface area contributed by atoms with Crippen molar-refractivity contribution in [3.63, 3.8) is 0 Å². The molecule has 2 heterocycles. The van der Waals surface area contributed by atoms with Crippen molar-refractivity contribution >= 4 is 5.91 Å². The molecule has 0 aromatic carbocycles. The number of carbonyl (C=O) groups excluding carboxylic acids is 1. The minimum atomic E-state index is -0.835. The molecule has 1 aromatic rings. The summed E-state index contributed by atoms with van der Waals surface area (Å²) in [5.74, 6) is -1.02. The average Bonchev–Trinajstić information content (AvgIpc) is 2.42. The Morgan fingerprint density at radius 2 is 2.21 bits per heavy atom. The third-order valence-corrected chi connectivity index (χ3v) is 3.40. The number of hydrogen-bond donors (Lipinski definition) is 1. The molecule has 0 saturated carbocycles. The van der Waals surface area contributed by atoms with Crippen LogP contribution in [0.15, 0.2) is 18.3 Å². The number of nitriles is 1. The molecule has 0 aliphatic carbocycles. The van der Waals surface area contributed by atoms with E-state index >= 15 is 0 Å². The van der Waals surface area contributed by atoms with Crippen molar-refractivity contribution in [2.45, 2.75) is 18.4 Å². The highest BCUT2D eigenvalue weighted by Crippen LogP contribution is 2.21. The van der Waals surface area contributed by atoms with Crippen LogP contribution in [-0.4, -0.2) is 41.5 Å². The van der Waals surface area contributed by atoms with E-state index in [0.717, 1.165) is 19.2 Å². The Morgan fingerprint density at radius 1 is 1.53 bits per heavy atom. The van der Waals surface area contributed by atoms with Crippen LogP contribution in [0.5, 0.6) is 0 Å². The molecule has 0 spiro atoms. The molecule has 100 valence electrons. The topological polar surface area (TPSA) is 69.0 Å². The number of nitrogens with one attached hydrogen (secondary N) is 1. The van der Waals surface area contributed by atoms with E-state index in [1.165, 1.54) is 12.3 Å². The number of likely N-dealkylation sites (tertiary alicyclic amines) is 1. The fraction of sp³-hybridized carbons (Fsp3) is 0.462. The molecule has 19 heavy (non-hydrogen) atoms. The van der Waals surface area contributed by atoms with Gasteiger partial charge in [0, 0.05) is 19.3 Å². The first-order valence-corrected chi connectivity index (χ1v) is 6.08. The molecular weight excluding hydrogens is 247 g/mol. The lowest BCUT2D eigenvalue weighted by atomic mass is 9.89. The highest BCUT2D eigenvalue weighted by Gasteiger charge is 2.35. The first kappa shape index (κ1) is 13.4. The van der Waals surface area contributed by atoms with E-state index in [4.69, 9.17) is 0 Å². The Morgan fingerprint density at radius 3 is 2.74 bits per heavy atom. The van der Waals surface area contributed by atoms with Gasteiger partial charge in [-0.2, -0.15) is 9.65 Å². The Hall–Kier alpha value is -2.00. The summed E-state index contributed by atoms with van der Waals surface area (Å²) in [4.78, 5) is 17.6. The normalized spacial score (nSPS) is 18.6. The second kappa shape index (κ2) is 5.33. The number of hydrogen-bond acceptors (Lipinski definition) is 4. The highest BCUT2D eigenvalue weighted by molar-refractivity contribution is 5.94. The molecule has 1 fully saturated rings. The molecule has 6 heteroatoms. The molecule has 0 unspecified atom stereocenters. The van der Waals surface area contributed by atoms with Gasteiger partial charge in [0.05, 0.1) is 11.6 Å². The maximum absolute atomic E-state index is 12.7. The van der Waals surface area contributed by atoms with Gasteiger partial charge in [0.15, 0.2) is 0 Å². The van der Waals surface area contributed by atoms with Crippen LogP contribution in [0.1, 0.15) is 23.2 Å². The van der Waals surface area contributed by atoms with Crippen molar-refractivity contribution in [3.05, 3.63) is 29.8 Å². The van der Waals surface area contributed by atoms with Crippen molar-refractivity contribution in [1.29, 1.82) is 5.26 Å². The van der Waals surface area contributed by atoms with Crippen molar-refractivity contribution in [2.24, 2.45) is 0 Å². The van der Waals surface area contributed by atoms with Gasteiger partial charge in [-0.05, 0) is 32.0 Å². The quantitative estimate of drug-likeness (QED) is 0.805. The molecule has 1 aliphatic rings. The van der Waals surface area contributed by atoms with Crippen LogP contribution in [-0.2, 0) is 0 Å².